The summed E-state index contributed by atoms with van der Waals surface area (Å²) in [5, 5.41) is 0. The van der Waals surface area contributed by atoms with Gasteiger partial charge in [-0.2, -0.15) is 0 Å². The fourth-order valence-electron chi connectivity index (χ4n) is 4.24. The average molecular weight is 387 g/mol. The van der Waals surface area contributed by atoms with Gasteiger partial charge in [0.05, 0.1) is 11.5 Å². The highest BCUT2D eigenvalue weighted by molar-refractivity contribution is 7.80. The number of benzene rings is 2. The van der Waals surface area contributed by atoms with E-state index < -0.39 is 16.7 Å². The number of hydrogen-bond acceptors (Lipinski definition) is 3. The molecule has 3 rings (SSSR count). The number of methoxy groups -OCH3 is 1. The monoisotopic (exact) mass is 386 g/mol. The summed E-state index contributed by atoms with van der Waals surface area (Å²) in [6, 6.07) is 18.2. The zero-order chi connectivity index (χ0) is 19.3. The molecule has 0 radical (unpaired) electrons. The predicted molar refractivity (Wildman–Crippen MR) is 110 cm³/mol. The molecule has 27 heavy (non-hydrogen) atoms. The van der Waals surface area contributed by atoms with Crippen molar-refractivity contribution in [1.29, 1.82) is 0 Å². The van der Waals surface area contributed by atoms with E-state index in [9.17, 15) is 4.21 Å². The number of fused-ring (bicyclic) bond motifs is 1. The van der Waals surface area contributed by atoms with Gasteiger partial charge in [-0.15, -0.1) is 0 Å². The second-order valence-corrected chi connectivity index (χ2v) is 8.67. The first-order chi connectivity index (χ1) is 13.1. The summed E-state index contributed by atoms with van der Waals surface area (Å²) in [6.45, 7) is 4.91. The van der Waals surface area contributed by atoms with Gasteiger partial charge in [0.1, 0.15) is 5.60 Å². The van der Waals surface area contributed by atoms with E-state index in [1.54, 1.807) is 7.11 Å². The molecule has 0 saturated carbocycles. The normalized spacial score (nSPS) is 28.2. The van der Waals surface area contributed by atoms with Crippen molar-refractivity contribution >= 4 is 11.1 Å². The Morgan fingerprint density at radius 1 is 1.07 bits per heavy atom. The van der Waals surface area contributed by atoms with Gasteiger partial charge in [-0.3, -0.25) is 4.18 Å². The van der Waals surface area contributed by atoms with Crippen molar-refractivity contribution in [3.05, 3.63) is 65.7 Å². The van der Waals surface area contributed by atoms with Gasteiger partial charge in [-0.25, -0.2) is 4.21 Å². The Kier molecular flexibility index (Phi) is 6.51. The Morgan fingerprint density at radius 3 is 2.44 bits per heavy atom. The van der Waals surface area contributed by atoms with Crippen molar-refractivity contribution in [2.24, 2.45) is 5.41 Å². The van der Waals surface area contributed by atoms with Crippen molar-refractivity contribution < 1.29 is 13.1 Å². The van der Waals surface area contributed by atoms with E-state index in [0.29, 0.717) is 11.5 Å². The molecule has 1 aliphatic rings. The van der Waals surface area contributed by atoms with E-state index in [-0.39, 0.29) is 5.41 Å². The van der Waals surface area contributed by atoms with Crippen molar-refractivity contribution in [2.75, 3.05) is 13.7 Å². The molecule has 0 saturated heterocycles. The molecule has 4 heteroatoms. The molecule has 0 amide bonds. The molecule has 2 aromatic rings. The molecule has 1 unspecified atom stereocenters. The summed E-state index contributed by atoms with van der Waals surface area (Å²) < 4.78 is 25.2. The zero-order valence-electron chi connectivity index (χ0n) is 16.6. The maximum atomic E-state index is 13.0. The first-order valence-electron chi connectivity index (χ1n) is 9.86. The molecule has 1 aliphatic heterocycles. The van der Waals surface area contributed by atoms with Crippen LogP contribution in [0.25, 0.3) is 0 Å². The summed E-state index contributed by atoms with van der Waals surface area (Å²) in [5.74, 6) is 0. The standard InChI is InChI=1S/C23H30O3S/c1-4-6-16-22(5-2)17-23(25-3,19-12-8-7-9-13-19)20-14-10-11-15-21(20)27(24)26-18-22/h7-15H,4-6,16-18H2,1-3H3/t22-,23-,27?/m0/s1. The van der Waals surface area contributed by atoms with Crippen LogP contribution in [0.3, 0.4) is 0 Å². The predicted octanol–water partition coefficient (Wildman–Crippen LogP) is 5.61. The Bertz CT molecular complexity index is 776. The largest absolute Gasteiger partial charge is 0.369 e. The lowest BCUT2D eigenvalue weighted by Gasteiger charge is -2.45. The van der Waals surface area contributed by atoms with Gasteiger partial charge in [-0.05, 0) is 36.3 Å². The van der Waals surface area contributed by atoms with Gasteiger partial charge in [0.2, 0.25) is 0 Å². The summed E-state index contributed by atoms with van der Waals surface area (Å²) in [7, 11) is 1.77. The Balaban J connectivity index is 2.23. The van der Waals surface area contributed by atoms with Gasteiger partial charge < -0.3 is 4.74 Å². The summed E-state index contributed by atoms with van der Waals surface area (Å²) in [6.07, 6.45) is 5.07. The van der Waals surface area contributed by atoms with Crippen LogP contribution in [0.15, 0.2) is 59.5 Å². The highest BCUT2D eigenvalue weighted by Crippen LogP contribution is 2.49. The summed E-state index contributed by atoms with van der Waals surface area (Å²) >= 11 is -1.50. The molecule has 0 aliphatic carbocycles. The quantitative estimate of drug-likeness (QED) is 0.648. The first-order valence-corrected chi connectivity index (χ1v) is 10.9. The van der Waals surface area contributed by atoms with Crippen LogP contribution >= 0.6 is 0 Å². The van der Waals surface area contributed by atoms with E-state index in [4.69, 9.17) is 8.92 Å². The molecule has 0 bridgehead atoms. The lowest BCUT2D eigenvalue weighted by Crippen LogP contribution is -2.42. The van der Waals surface area contributed by atoms with Crippen LogP contribution in [0.1, 0.15) is 57.1 Å². The number of rotatable bonds is 6. The minimum Gasteiger partial charge on any atom is -0.369 e. The molecule has 1 heterocycles. The molecule has 0 fully saturated rings. The van der Waals surface area contributed by atoms with Crippen molar-refractivity contribution in [3.63, 3.8) is 0 Å². The molecule has 146 valence electrons. The minimum absolute atomic E-state index is 0.0783. The minimum atomic E-state index is -1.50. The maximum Gasteiger partial charge on any atom is 0.189 e. The third-order valence-electron chi connectivity index (χ3n) is 6.00. The molecule has 3 nitrogen and oxygen atoms in total. The number of unbranched alkanes of at least 4 members (excludes halogenated alkanes) is 1. The second-order valence-electron chi connectivity index (χ2n) is 7.52. The molecule has 0 spiro atoms. The van der Waals surface area contributed by atoms with Crippen LogP contribution in [0, 0.1) is 5.41 Å². The van der Waals surface area contributed by atoms with Crippen molar-refractivity contribution in [3.8, 4) is 0 Å². The summed E-state index contributed by atoms with van der Waals surface area (Å²) in [4.78, 5) is 0.711. The Labute approximate surface area is 165 Å². The maximum absolute atomic E-state index is 13.0. The number of ether oxygens (including phenoxy) is 1. The van der Waals surface area contributed by atoms with E-state index in [1.807, 2.05) is 42.5 Å². The van der Waals surface area contributed by atoms with Crippen molar-refractivity contribution in [1.82, 2.24) is 0 Å². The van der Waals surface area contributed by atoms with E-state index in [1.165, 1.54) is 0 Å². The number of hydrogen-bond donors (Lipinski definition) is 0. The second kappa shape index (κ2) is 8.68. The van der Waals surface area contributed by atoms with Crippen molar-refractivity contribution in [2.45, 2.75) is 56.4 Å². The molecular weight excluding hydrogens is 356 g/mol. The van der Waals surface area contributed by atoms with E-state index in [2.05, 4.69) is 26.0 Å². The van der Waals surface area contributed by atoms with E-state index >= 15 is 0 Å². The zero-order valence-corrected chi connectivity index (χ0v) is 17.4. The highest BCUT2D eigenvalue weighted by Gasteiger charge is 2.46. The molecule has 2 aromatic carbocycles. The molecule has 0 N–H and O–H groups in total. The van der Waals surface area contributed by atoms with Crippen LogP contribution in [-0.4, -0.2) is 17.9 Å². The van der Waals surface area contributed by atoms with Crippen LogP contribution in [0.2, 0.25) is 0 Å². The third-order valence-corrected chi connectivity index (χ3v) is 7.04. The smallest absolute Gasteiger partial charge is 0.189 e. The highest BCUT2D eigenvalue weighted by atomic mass is 32.2. The first kappa shape index (κ1) is 20.2. The molecule has 0 aromatic heterocycles. The van der Waals surface area contributed by atoms with Gasteiger partial charge in [0, 0.05) is 12.7 Å². The topological polar surface area (TPSA) is 35.5 Å². The van der Waals surface area contributed by atoms with Gasteiger partial charge in [-0.1, -0.05) is 75.2 Å². The Morgan fingerprint density at radius 2 is 1.78 bits per heavy atom. The molecule has 3 atom stereocenters. The fourth-order valence-corrected chi connectivity index (χ4v) is 5.33. The Hall–Kier alpha value is -1.49. The van der Waals surface area contributed by atoms with Crippen LogP contribution in [0.4, 0.5) is 0 Å². The summed E-state index contributed by atoms with van der Waals surface area (Å²) in [5.41, 5.74) is 1.34. The lowest BCUT2D eigenvalue weighted by molar-refractivity contribution is -0.0426. The van der Waals surface area contributed by atoms with Crippen LogP contribution in [-0.2, 0) is 25.6 Å². The van der Waals surface area contributed by atoms with Gasteiger partial charge in [0.25, 0.3) is 0 Å². The fraction of sp³-hybridized carbons (Fsp3) is 0.478. The van der Waals surface area contributed by atoms with E-state index in [0.717, 1.165) is 43.2 Å². The van der Waals surface area contributed by atoms with Gasteiger partial charge >= 0.3 is 0 Å². The lowest BCUT2D eigenvalue weighted by atomic mass is 9.68. The van der Waals surface area contributed by atoms with Crippen LogP contribution in [0.5, 0.6) is 0 Å². The van der Waals surface area contributed by atoms with Crippen LogP contribution < -0.4 is 0 Å². The van der Waals surface area contributed by atoms with Gasteiger partial charge in [0.15, 0.2) is 11.1 Å². The average Bonchev–Trinajstić information content (AvgIpc) is 2.73. The SMILES string of the molecule is CCCC[C@]1(CC)COS(=O)c2ccccc2[C@@](OC)(c2ccccc2)C1. The molecular formula is C23H30O3S. The third kappa shape index (κ3) is 3.89.